The first-order valence-corrected chi connectivity index (χ1v) is 11.1. The van der Waals surface area contributed by atoms with Gasteiger partial charge in [0.15, 0.2) is 0 Å². The summed E-state index contributed by atoms with van der Waals surface area (Å²) in [6, 6.07) is 22.8. The highest BCUT2D eigenvalue weighted by molar-refractivity contribution is 5.65. The number of halogens is 2. The number of rotatable bonds is 5. The van der Waals surface area contributed by atoms with Crippen molar-refractivity contribution in [2.75, 3.05) is 0 Å². The fourth-order valence-corrected chi connectivity index (χ4v) is 4.94. The third-order valence-electron chi connectivity index (χ3n) is 6.77. The van der Waals surface area contributed by atoms with Crippen LogP contribution < -0.4 is 0 Å². The fourth-order valence-electron chi connectivity index (χ4n) is 4.94. The minimum atomic E-state index is -0.815. The lowest BCUT2D eigenvalue weighted by Gasteiger charge is -2.30. The van der Waals surface area contributed by atoms with Gasteiger partial charge in [0.2, 0.25) is 0 Å². The standard InChI is InChI=1S/C28H27F2N/c1-19(21-5-3-2-4-6-21)15-20-7-9-22(10-8-20)23-11-13-24(14-12-23)25-16-27(29)26(18-31)28(30)17-25/h2-6,11-14,16-17,19-20,22H,7-10,15H2,1H3. The van der Waals surface area contributed by atoms with E-state index in [-0.39, 0.29) is 0 Å². The molecule has 3 aromatic rings. The molecule has 0 aliphatic heterocycles. The van der Waals surface area contributed by atoms with Crippen molar-refractivity contribution < 1.29 is 8.78 Å². The monoisotopic (exact) mass is 415 g/mol. The molecule has 0 heterocycles. The Labute approximate surface area is 183 Å². The molecule has 1 atom stereocenters. The van der Waals surface area contributed by atoms with Crippen molar-refractivity contribution in [3.8, 4) is 17.2 Å². The summed E-state index contributed by atoms with van der Waals surface area (Å²) in [7, 11) is 0. The van der Waals surface area contributed by atoms with E-state index in [2.05, 4.69) is 49.4 Å². The SMILES string of the molecule is CC(CC1CCC(c2ccc(-c3cc(F)c(C#N)c(F)c3)cc2)CC1)c1ccccc1. The molecule has 0 N–H and O–H groups in total. The van der Waals surface area contributed by atoms with Crippen LogP contribution in [0, 0.1) is 28.9 Å². The molecule has 1 nitrogen and oxygen atoms in total. The number of benzene rings is 3. The molecule has 4 rings (SSSR count). The smallest absolute Gasteiger partial charge is 0.144 e. The number of nitrogens with zero attached hydrogens (tertiary/aromatic N) is 1. The molecule has 0 bridgehead atoms. The van der Waals surface area contributed by atoms with Crippen LogP contribution in [0.1, 0.15) is 67.6 Å². The maximum Gasteiger partial charge on any atom is 0.144 e. The predicted molar refractivity (Wildman–Crippen MR) is 121 cm³/mol. The van der Waals surface area contributed by atoms with Crippen LogP contribution in [0.25, 0.3) is 11.1 Å². The molecule has 1 saturated carbocycles. The number of nitriles is 1. The predicted octanol–water partition coefficient (Wildman–Crippen LogP) is 7.97. The lowest BCUT2D eigenvalue weighted by Crippen LogP contribution is -2.15. The molecule has 0 amide bonds. The Morgan fingerprint density at radius 2 is 1.48 bits per heavy atom. The van der Waals surface area contributed by atoms with E-state index in [1.54, 1.807) is 6.07 Å². The van der Waals surface area contributed by atoms with Gasteiger partial charge in [-0.05, 0) is 84.2 Å². The maximum absolute atomic E-state index is 13.9. The van der Waals surface area contributed by atoms with Gasteiger partial charge in [-0.25, -0.2) is 8.78 Å². The van der Waals surface area contributed by atoms with Gasteiger partial charge in [0, 0.05) is 0 Å². The zero-order valence-corrected chi connectivity index (χ0v) is 17.8. The zero-order chi connectivity index (χ0) is 21.8. The number of hydrogen-bond acceptors (Lipinski definition) is 1. The van der Waals surface area contributed by atoms with Crippen molar-refractivity contribution in [3.05, 3.63) is 95.1 Å². The van der Waals surface area contributed by atoms with Gasteiger partial charge in [0.25, 0.3) is 0 Å². The maximum atomic E-state index is 13.9. The number of hydrogen-bond donors (Lipinski definition) is 0. The van der Waals surface area contributed by atoms with Crippen molar-refractivity contribution in [1.29, 1.82) is 5.26 Å². The van der Waals surface area contributed by atoms with Gasteiger partial charge in [-0.1, -0.05) is 61.5 Å². The lowest BCUT2D eigenvalue weighted by atomic mass is 9.75. The Morgan fingerprint density at radius 3 is 2.06 bits per heavy atom. The van der Waals surface area contributed by atoms with Gasteiger partial charge in [0.1, 0.15) is 23.3 Å². The highest BCUT2D eigenvalue weighted by Gasteiger charge is 2.24. The van der Waals surface area contributed by atoms with Crippen LogP contribution in [-0.2, 0) is 0 Å². The first kappa shape index (κ1) is 21.2. The second-order valence-corrected chi connectivity index (χ2v) is 8.81. The van der Waals surface area contributed by atoms with Crippen LogP contribution in [-0.4, -0.2) is 0 Å². The zero-order valence-electron chi connectivity index (χ0n) is 17.8. The van der Waals surface area contributed by atoms with Gasteiger partial charge >= 0.3 is 0 Å². The normalized spacial score (nSPS) is 19.5. The molecule has 1 aliphatic carbocycles. The van der Waals surface area contributed by atoms with Crippen molar-refractivity contribution in [2.24, 2.45) is 5.92 Å². The Morgan fingerprint density at radius 1 is 0.871 bits per heavy atom. The molecule has 3 heteroatoms. The van der Waals surface area contributed by atoms with Crippen LogP contribution in [0.2, 0.25) is 0 Å². The summed E-state index contributed by atoms with van der Waals surface area (Å²) < 4.78 is 27.9. The van der Waals surface area contributed by atoms with E-state index in [0.717, 1.165) is 11.5 Å². The summed E-state index contributed by atoms with van der Waals surface area (Å²) in [6.45, 7) is 2.33. The highest BCUT2D eigenvalue weighted by atomic mass is 19.1. The van der Waals surface area contributed by atoms with Crippen LogP contribution in [0.15, 0.2) is 66.7 Å². The van der Waals surface area contributed by atoms with E-state index in [9.17, 15) is 8.78 Å². The van der Waals surface area contributed by atoms with E-state index in [1.165, 1.54) is 55.4 Å². The van der Waals surface area contributed by atoms with Gasteiger partial charge in [-0.2, -0.15) is 5.26 Å². The van der Waals surface area contributed by atoms with E-state index < -0.39 is 17.2 Å². The third-order valence-corrected chi connectivity index (χ3v) is 6.77. The molecule has 0 spiro atoms. The van der Waals surface area contributed by atoms with Crippen LogP contribution in [0.5, 0.6) is 0 Å². The topological polar surface area (TPSA) is 23.8 Å². The molecule has 1 unspecified atom stereocenters. The fraction of sp³-hybridized carbons (Fsp3) is 0.321. The minimum absolute atomic E-state index is 0.458. The summed E-state index contributed by atoms with van der Waals surface area (Å²) in [5.74, 6) is 0.284. The summed E-state index contributed by atoms with van der Waals surface area (Å²) in [6.07, 6.45) is 6.11. The third kappa shape index (κ3) is 4.85. The lowest BCUT2D eigenvalue weighted by molar-refractivity contribution is 0.297. The molecule has 1 aliphatic rings. The average Bonchev–Trinajstić information content (AvgIpc) is 2.80. The molecule has 31 heavy (non-hydrogen) atoms. The summed E-state index contributed by atoms with van der Waals surface area (Å²) in [5, 5.41) is 8.84. The van der Waals surface area contributed by atoms with Crippen LogP contribution in [0.4, 0.5) is 8.78 Å². The quantitative estimate of drug-likeness (QED) is 0.414. The minimum Gasteiger partial charge on any atom is -0.205 e. The average molecular weight is 416 g/mol. The van der Waals surface area contributed by atoms with Gasteiger partial charge in [-0.15, -0.1) is 0 Å². The summed E-state index contributed by atoms with van der Waals surface area (Å²) in [5.41, 5.74) is 3.41. The van der Waals surface area contributed by atoms with Gasteiger partial charge in [0.05, 0.1) is 0 Å². The largest absolute Gasteiger partial charge is 0.205 e. The summed E-state index contributed by atoms with van der Waals surface area (Å²) in [4.78, 5) is 0. The highest BCUT2D eigenvalue weighted by Crippen LogP contribution is 2.40. The van der Waals surface area contributed by atoms with E-state index in [0.29, 0.717) is 17.4 Å². The van der Waals surface area contributed by atoms with E-state index in [1.807, 2.05) is 12.1 Å². The molecule has 0 aromatic heterocycles. The van der Waals surface area contributed by atoms with Crippen molar-refractivity contribution >= 4 is 0 Å². The van der Waals surface area contributed by atoms with Crippen molar-refractivity contribution in [3.63, 3.8) is 0 Å². The van der Waals surface area contributed by atoms with Crippen LogP contribution >= 0.6 is 0 Å². The molecule has 158 valence electrons. The van der Waals surface area contributed by atoms with Crippen molar-refractivity contribution in [1.82, 2.24) is 0 Å². The molecule has 1 fully saturated rings. The summed E-state index contributed by atoms with van der Waals surface area (Å²) >= 11 is 0. The molecule has 0 saturated heterocycles. The molecular formula is C28H27F2N. The molecular weight excluding hydrogens is 388 g/mol. The Hall–Kier alpha value is -2.99. The first-order chi connectivity index (χ1) is 15.0. The first-order valence-electron chi connectivity index (χ1n) is 11.1. The van der Waals surface area contributed by atoms with Gasteiger partial charge in [-0.3, -0.25) is 0 Å². The van der Waals surface area contributed by atoms with Crippen molar-refractivity contribution in [2.45, 2.75) is 50.9 Å². The second-order valence-electron chi connectivity index (χ2n) is 8.81. The van der Waals surface area contributed by atoms with E-state index >= 15 is 0 Å². The Bertz CT molecular complexity index is 1040. The Kier molecular flexibility index (Phi) is 6.47. The Balaban J connectivity index is 1.37. The van der Waals surface area contributed by atoms with Crippen LogP contribution in [0.3, 0.4) is 0 Å². The van der Waals surface area contributed by atoms with E-state index in [4.69, 9.17) is 5.26 Å². The molecule has 0 radical (unpaired) electrons. The van der Waals surface area contributed by atoms with Gasteiger partial charge < -0.3 is 0 Å². The second kappa shape index (κ2) is 9.43. The molecule has 3 aromatic carbocycles.